The van der Waals surface area contributed by atoms with E-state index in [4.69, 9.17) is 61.6 Å². The van der Waals surface area contributed by atoms with Gasteiger partial charge in [-0.1, -0.05) is 202 Å². The molecule has 0 saturated carbocycles. The molecular weight excluding hydrogens is 1190 g/mol. The first kappa shape index (κ1) is 69.9. The second-order valence-corrected chi connectivity index (χ2v) is 30.2. The fourth-order valence-corrected chi connectivity index (χ4v) is 11.9. The van der Waals surface area contributed by atoms with Crippen molar-refractivity contribution in [3.8, 4) is 0 Å². The minimum absolute atomic E-state index is 0.00247. The summed E-state index contributed by atoms with van der Waals surface area (Å²) in [5.74, 6) is -1.67. The predicted octanol–water partition coefficient (Wildman–Crippen LogP) is 9.20. The highest BCUT2D eigenvalue weighted by Gasteiger charge is 2.57. The number of aliphatic hydroxyl groups is 2. The van der Waals surface area contributed by atoms with Crippen molar-refractivity contribution in [1.82, 2.24) is 5.32 Å². The van der Waals surface area contributed by atoms with Gasteiger partial charge in [-0.3, -0.25) is 9.59 Å². The molecule has 92 heavy (non-hydrogen) atoms. The molecule has 15 atom stereocenters. The van der Waals surface area contributed by atoms with Crippen LogP contribution in [0.15, 0.2) is 182 Å². The SMILES string of the molecule is CC(=O)CCC(=O)O[C@H]1[C@@H](O)[C@@H](CO)O[C@@H](O[C@@H]2[C@H](OCc3ccccc3)[C@@H](OCc3ccccc3)[C@H](O[C@H]3[C@H](OCc4ccccc4)[C@@H](OCc4ccccc4)[C@H](OCC[Si](C)(C)C)O[C@@H]3COCc3ccccc3)O[C@@H]2COCc2ccccc2)[C@@H]1NC(C)=O. The van der Waals surface area contributed by atoms with Gasteiger partial charge in [-0.15, -0.1) is 0 Å². The molecule has 0 aromatic heterocycles. The first-order chi connectivity index (χ1) is 44.7. The maximum atomic E-state index is 13.5. The molecule has 494 valence electrons. The molecule has 3 aliphatic heterocycles. The van der Waals surface area contributed by atoms with E-state index >= 15 is 0 Å². The zero-order valence-corrected chi connectivity index (χ0v) is 54.1. The Morgan fingerprint density at radius 1 is 0.446 bits per heavy atom. The number of ether oxygens (including phenoxy) is 13. The van der Waals surface area contributed by atoms with Gasteiger partial charge >= 0.3 is 5.97 Å². The molecule has 0 spiro atoms. The summed E-state index contributed by atoms with van der Waals surface area (Å²) >= 11 is 0. The Labute approximate surface area is 540 Å². The zero-order valence-electron chi connectivity index (χ0n) is 53.1. The molecule has 3 N–H and O–H groups in total. The number of carbonyl (C=O) groups is 3. The van der Waals surface area contributed by atoms with Crippen molar-refractivity contribution in [2.24, 2.45) is 0 Å². The molecule has 3 aliphatic rings. The Hall–Kier alpha value is -6.41. The number of amides is 1. The predicted molar refractivity (Wildman–Crippen MR) is 343 cm³/mol. The highest BCUT2D eigenvalue weighted by Crippen LogP contribution is 2.39. The van der Waals surface area contributed by atoms with E-state index in [9.17, 15) is 24.6 Å². The van der Waals surface area contributed by atoms with E-state index < -0.39 is 119 Å². The number of rotatable bonds is 34. The standard InChI is InChI=1S/C72H89NO18Si/c1-49(75)36-37-60(77)89-65-61(73-50(2)76)70(86-57(40-74)62(65)78)90-63-59(48-80-42-52-26-14-7-15-27-52)88-72(69(85-46-56-34-22-11-23-35-56)67(63)83-44-54-30-18-9-19-31-54)91-64-58(47-79-41-51-24-12-6-13-25-51)87-71(81-38-39-92(3,4)5)68(84-45-55-32-20-10-21-33-55)66(64)82-43-53-28-16-8-17-29-53/h6-35,57-59,61-72,74,78H,36-48H2,1-5H3,(H,73,76)/t57-,58-,59-,61-,62+,63+,64-,65-,66+,67+,68-,69-,70+,71-,72+/m1/s1. The molecule has 3 saturated heterocycles. The lowest BCUT2D eigenvalue weighted by molar-refractivity contribution is -0.387. The Kier molecular flexibility index (Phi) is 27.2. The van der Waals surface area contributed by atoms with Gasteiger partial charge in [0.2, 0.25) is 5.91 Å². The van der Waals surface area contributed by atoms with E-state index in [0.717, 1.165) is 39.4 Å². The van der Waals surface area contributed by atoms with Crippen molar-refractivity contribution in [2.45, 2.75) is 184 Å². The molecule has 0 bridgehead atoms. The fourth-order valence-electron chi connectivity index (χ4n) is 11.1. The first-order valence-electron chi connectivity index (χ1n) is 31.7. The quantitative estimate of drug-likeness (QED) is 0.0253. The summed E-state index contributed by atoms with van der Waals surface area (Å²) in [5.41, 5.74) is 5.21. The summed E-state index contributed by atoms with van der Waals surface area (Å²) in [7, 11) is -1.64. The number of aliphatic hydroxyl groups excluding tert-OH is 2. The molecule has 9 rings (SSSR count). The molecule has 0 unspecified atom stereocenters. The Balaban J connectivity index is 1.17. The van der Waals surface area contributed by atoms with Crippen molar-refractivity contribution < 1.29 is 86.2 Å². The molecule has 0 aliphatic carbocycles. The molecule has 3 fully saturated rings. The van der Waals surface area contributed by atoms with E-state index in [-0.39, 0.29) is 71.5 Å². The van der Waals surface area contributed by atoms with Crippen LogP contribution in [-0.4, -0.2) is 154 Å². The molecule has 6 aromatic rings. The molecule has 3 heterocycles. The van der Waals surface area contributed by atoms with Crippen molar-refractivity contribution in [3.63, 3.8) is 0 Å². The van der Waals surface area contributed by atoms with E-state index in [1.54, 1.807) is 0 Å². The molecule has 19 nitrogen and oxygen atoms in total. The second-order valence-electron chi connectivity index (χ2n) is 24.6. The number of carbonyl (C=O) groups excluding carboxylic acids is 3. The van der Waals surface area contributed by atoms with Crippen LogP contribution in [-0.2, 0) is 116 Å². The van der Waals surface area contributed by atoms with E-state index in [1.165, 1.54) is 13.8 Å². The first-order valence-corrected chi connectivity index (χ1v) is 35.4. The number of hydrogen-bond donors (Lipinski definition) is 3. The third-order valence-corrected chi connectivity index (χ3v) is 17.7. The van der Waals surface area contributed by atoms with E-state index in [0.29, 0.717) is 6.61 Å². The zero-order chi connectivity index (χ0) is 64.7. The van der Waals surface area contributed by atoms with Crippen LogP contribution in [0.1, 0.15) is 60.1 Å². The van der Waals surface area contributed by atoms with Crippen molar-refractivity contribution >= 4 is 25.7 Å². The Bertz CT molecular complexity index is 3100. The fraction of sp³-hybridized carbons (Fsp3) is 0.458. The van der Waals surface area contributed by atoms with Crippen LogP contribution < -0.4 is 5.32 Å². The van der Waals surface area contributed by atoms with Gasteiger partial charge in [-0.2, -0.15) is 0 Å². The normalized spacial score (nSPS) is 26.6. The van der Waals surface area contributed by atoms with Gasteiger partial charge in [0.25, 0.3) is 0 Å². The third-order valence-electron chi connectivity index (χ3n) is 16.0. The van der Waals surface area contributed by atoms with Crippen molar-refractivity contribution in [2.75, 3.05) is 26.4 Å². The van der Waals surface area contributed by atoms with Crippen LogP contribution in [0, 0.1) is 0 Å². The number of hydrogen-bond acceptors (Lipinski definition) is 18. The largest absolute Gasteiger partial charge is 0.457 e. The smallest absolute Gasteiger partial charge is 0.306 e. The second kappa shape index (κ2) is 35.7. The van der Waals surface area contributed by atoms with Crippen LogP contribution >= 0.6 is 0 Å². The molecule has 6 aromatic carbocycles. The average molecular weight is 1280 g/mol. The van der Waals surface area contributed by atoms with Crippen LogP contribution in [0.2, 0.25) is 25.7 Å². The number of Topliss-reactive ketones (excluding diaryl/α,β-unsaturated/α-hetero) is 1. The number of esters is 1. The molecular formula is C72H89NO18Si. The lowest BCUT2D eigenvalue weighted by Gasteiger charge is -2.51. The van der Waals surface area contributed by atoms with Crippen molar-refractivity contribution in [1.29, 1.82) is 0 Å². The van der Waals surface area contributed by atoms with Gasteiger partial charge in [-0.05, 0) is 46.3 Å². The van der Waals surface area contributed by atoms with Crippen LogP contribution in [0.3, 0.4) is 0 Å². The number of ketones is 1. The maximum Gasteiger partial charge on any atom is 0.306 e. The maximum absolute atomic E-state index is 13.5. The Morgan fingerprint density at radius 2 is 0.815 bits per heavy atom. The molecule has 0 radical (unpaired) electrons. The molecule has 1 amide bonds. The highest BCUT2D eigenvalue weighted by molar-refractivity contribution is 6.76. The topological polar surface area (TPSA) is 224 Å². The highest BCUT2D eigenvalue weighted by atomic mass is 28.3. The molecule has 20 heteroatoms. The summed E-state index contributed by atoms with van der Waals surface area (Å²) in [4.78, 5) is 38.8. The van der Waals surface area contributed by atoms with Crippen LogP contribution in [0.5, 0.6) is 0 Å². The lowest BCUT2D eigenvalue weighted by atomic mass is 9.94. The van der Waals surface area contributed by atoms with Gasteiger partial charge in [0, 0.05) is 28.0 Å². The van der Waals surface area contributed by atoms with E-state index in [1.807, 2.05) is 182 Å². The number of nitrogens with one attached hydrogen (secondary N) is 1. The summed E-state index contributed by atoms with van der Waals surface area (Å²) in [5, 5.41) is 25.4. The minimum atomic E-state index is -1.67. The van der Waals surface area contributed by atoms with E-state index in [2.05, 4.69) is 25.0 Å². The summed E-state index contributed by atoms with van der Waals surface area (Å²) in [6.45, 7) is 9.65. The summed E-state index contributed by atoms with van der Waals surface area (Å²) in [6, 6.07) is 57.7. The summed E-state index contributed by atoms with van der Waals surface area (Å²) in [6.07, 6.45) is -17.7. The van der Waals surface area contributed by atoms with Gasteiger partial charge < -0.3 is 81.9 Å². The lowest BCUT2D eigenvalue weighted by Crippen LogP contribution is -2.69. The van der Waals surface area contributed by atoms with Crippen molar-refractivity contribution in [3.05, 3.63) is 215 Å². The van der Waals surface area contributed by atoms with Crippen LogP contribution in [0.4, 0.5) is 0 Å². The van der Waals surface area contributed by atoms with Crippen LogP contribution in [0.25, 0.3) is 0 Å². The average Bonchev–Trinajstić information content (AvgIpc) is 0.777. The Morgan fingerprint density at radius 3 is 1.21 bits per heavy atom. The monoisotopic (exact) mass is 1280 g/mol. The van der Waals surface area contributed by atoms with Gasteiger partial charge in [0.05, 0.1) is 65.9 Å². The van der Waals surface area contributed by atoms with Gasteiger partial charge in [-0.25, -0.2) is 0 Å². The van der Waals surface area contributed by atoms with Gasteiger partial charge in [0.15, 0.2) is 25.0 Å². The number of benzene rings is 6. The minimum Gasteiger partial charge on any atom is -0.457 e. The summed E-state index contributed by atoms with van der Waals surface area (Å²) < 4.78 is 90.4. The van der Waals surface area contributed by atoms with Gasteiger partial charge in [0.1, 0.15) is 72.9 Å². The third kappa shape index (κ3) is 21.3.